The van der Waals surface area contributed by atoms with Gasteiger partial charge < -0.3 is 10.1 Å². The van der Waals surface area contributed by atoms with Gasteiger partial charge in [0.15, 0.2) is 5.82 Å². The second-order valence-corrected chi connectivity index (χ2v) is 7.75. The number of anilines is 2. The number of carbonyl (C=O) groups excluding carboxylic acids is 1. The molecule has 0 spiro atoms. The number of esters is 1. The van der Waals surface area contributed by atoms with Crippen molar-refractivity contribution in [3.8, 4) is 11.3 Å². The maximum atomic E-state index is 11.6. The number of nitrogens with zero attached hydrogens (tertiary/aromatic N) is 6. The van der Waals surface area contributed by atoms with Crippen molar-refractivity contribution in [2.24, 2.45) is 0 Å². The summed E-state index contributed by atoms with van der Waals surface area (Å²) in [5.74, 6) is 0.935. The van der Waals surface area contributed by atoms with Gasteiger partial charge in [-0.1, -0.05) is 12.1 Å². The van der Waals surface area contributed by atoms with Crippen LogP contribution in [0.3, 0.4) is 0 Å². The molecular formula is C23H22N8O2. The monoisotopic (exact) mass is 442 g/mol. The van der Waals surface area contributed by atoms with Crippen molar-refractivity contribution in [2.75, 3.05) is 12.4 Å². The Labute approximate surface area is 189 Å². The van der Waals surface area contributed by atoms with Gasteiger partial charge in [-0.15, -0.1) is 0 Å². The number of fused-ring (bicyclic) bond motifs is 1. The summed E-state index contributed by atoms with van der Waals surface area (Å²) in [6.07, 6.45) is 5.64. The minimum Gasteiger partial charge on any atom is -0.465 e. The molecule has 2 N–H and O–H groups in total. The summed E-state index contributed by atoms with van der Waals surface area (Å²) in [4.78, 5) is 21.0. The van der Waals surface area contributed by atoms with E-state index in [1.54, 1.807) is 18.3 Å². The first kappa shape index (κ1) is 20.4. The lowest BCUT2D eigenvalue weighted by molar-refractivity contribution is 0.0600. The third kappa shape index (κ3) is 4.18. The van der Waals surface area contributed by atoms with Crippen LogP contribution in [0.2, 0.25) is 0 Å². The Hall–Kier alpha value is -4.47. The first-order chi connectivity index (χ1) is 16.0. The Balaban J connectivity index is 1.43. The molecule has 0 saturated carbocycles. The fraction of sp³-hybridized carbons (Fsp3) is 0.174. The van der Waals surface area contributed by atoms with E-state index in [1.165, 1.54) is 7.11 Å². The third-order valence-electron chi connectivity index (χ3n) is 5.17. The van der Waals surface area contributed by atoms with E-state index < -0.39 is 0 Å². The second kappa shape index (κ2) is 8.23. The molecule has 10 nitrogen and oxygen atoms in total. The minimum atomic E-state index is -0.354. The van der Waals surface area contributed by atoms with Crippen molar-refractivity contribution in [1.82, 2.24) is 34.3 Å². The number of carbonyl (C=O) groups is 1. The van der Waals surface area contributed by atoms with Crippen LogP contribution in [0.4, 0.5) is 11.8 Å². The molecule has 0 atom stereocenters. The molecule has 5 aromatic rings. The fourth-order valence-corrected chi connectivity index (χ4v) is 3.58. The van der Waals surface area contributed by atoms with Crippen LogP contribution in [0, 0.1) is 13.8 Å². The largest absolute Gasteiger partial charge is 0.465 e. The number of aryl methyl sites for hydroxylation is 2. The number of nitrogens with one attached hydrogen (secondary N) is 2. The summed E-state index contributed by atoms with van der Waals surface area (Å²) in [5, 5.41) is 14.9. The van der Waals surface area contributed by atoms with E-state index in [0.29, 0.717) is 23.9 Å². The van der Waals surface area contributed by atoms with Gasteiger partial charge in [-0.05, 0) is 31.5 Å². The van der Waals surface area contributed by atoms with Crippen LogP contribution in [0.25, 0.3) is 16.9 Å². The number of hydrogen-bond acceptors (Lipinski definition) is 7. The smallest absolute Gasteiger partial charge is 0.337 e. The average molecular weight is 442 g/mol. The van der Waals surface area contributed by atoms with Gasteiger partial charge in [-0.25, -0.2) is 14.8 Å². The molecule has 166 valence electrons. The van der Waals surface area contributed by atoms with Gasteiger partial charge in [0, 0.05) is 35.8 Å². The zero-order chi connectivity index (χ0) is 22.9. The van der Waals surface area contributed by atoms with E-state index in [0.717, 1.165) is 33.9 Å². The molecule has 0 aliphatic heterocycles. The number of H-pyrrole nitrogens is 1. The van der Waals surface area contributed by atoms with Gasteiger partial charge in [-0.3, -0.25) is 14.2 Å². The molecule has 0 aliphatic carbocycles. The highest BCUT2D eigenvalue weighted by molar-refractivity contribution is 5.89. The van der Waals surface area contributed by atoms with Crippen LogP contribution in [0.15, 0.2) is 55.0 Å². The van der Waals surface area contributed by atoms with Crippen LogP contribution in [0.1, 0.15) is 27.3 Å². The molecule has 1 aromatic carbocycles. The first-order valence-corrected chi connectivity index (χ1v) is 10.3. The number of methoxy groups -OCH3 is 1. The lowest BCUT2D eigenvalue weighted by Crippen LogP contribution is -2.03. The van der Waals surface area contributed by atoms with Crippen molar-refractivity contribution >= 4 is 23.4 Å². The van der Waals surface area contributed by atoms with Crippen LogP contribution < -0.4 is 5.32 Å². The van der Waals surface area contributed by atoms with Crippen molar-refractivity contribution in [2.45, 2.75) is 20.4 Å². The zero-order valence-corrected chi connectivity index (χ0v) is 18.4. The number of benzene rings is 1. The van der Waals surface area contributed by atoms with Crippen LogP contribution >= 0.6 is 0 Å². The standard InChI is InChI=1S/C23H22N8O2/c1-14-8-20(29-28-14)27-23-26-19(9-21-25-15(2)11-31(21)23)18-10-24-30(13-18)12-16-4-6-17(7-5-16)22(32)33-3/h4-11,13H,12H2,1-3H3,(H2,26,27,28,29). The van der Waals surface area contributed by atoms with E-state index in [4.69, 9.17) is 9.72 Å². The highest BCUT2D eigenvalue weighted by Gasteiger charge is 2.13. The van der Waals surface area contributed by atoms with Crippen LogP contribution in [-0.2, 0) is 11.3 Å². The molecule has 33 heavy (non-hydrogen) atoms. The minimum absolute atomic E-state index is 0.354. The van der Waals surface area contributed by atoms with Crippen LogP contribution in [-0.4, -0.2) is 47.4 Å². The Kier molecular flexibility index (Phi) is 5.09. The molecule has 0 aliphatic rings. The molecule has 0 radical (unpaired) electrons. The predicted octanol–water partition coefficient (Wildman–Crippen LogP) is 3.51. The van der Waals surface area contributed by atoms with Crippen molar-refractivity contribution in [1.29, 1.82) is 0 Å². The first-order valence-electron chi connectivity index (χ1n) is 10.3. The fourth-order valence-electron chi connectivity index (χ4n) is 3.58. The van der Waals surface area contributed by atoms with Crippen molar-refractivity contribution in [3.63, 3.8) is 0 Å². The molecule has 4 aromatic heterocycles. The average Bonchev–Trinajstić information content (AvgIpc) is 3.53. The van der Waals surface area contributed by atoms with Gasteiger partial charge >= 0.3 is 5.97 Å². The SMILES string of the molecule is COC(=O)c1ccc(Cn2cc(-c3cc4nc(C)cn4c(Nc4cc(C)[nH]n4)n3)cn2)cc1. The van der Waals surface area contributed by atoms with E-state index in [9.17, 15) is 4.79 Å². The summed E-state index contributed by atoms with van der Waals surface area (Å²) < 4.78 is 8.47. The highest BCUT2D eigenvalue weighted by Crippen LogP contribution is 2.24. The van der Waals surface area contributed by atoms with Crippen molar-refractivity contribution < 1.29 is 9.53 Å². The van der Waals surface area contributed by atoms with Gasteiger partial charge in [0.2, 0.25) is 5.95 Å². The third-order valence-corrected chi connectivity index (χ3v) is 5.17. The molecule has 0 saturated heterocycles. The molecular weight excluding hydrogens is 420 g/mol. The molecule has 4 heterocycles. The maximum Gasteiger partial charge on any atom is 0.337 e. The van der Waals surface area contributed by atoms with Crippen LogP contribution in [0.5, 0.6) is 0 Å². The Bertz CT molecular complexity index is 1450. The molecule has 0 amide bonds. The number of ether oxygens (including phenoxy) is 1. The molecule has 0 unspecified atom stereocenters. The number of aromatic amines is 1. The Morgan fingerprint density at radius 2 is 1.94 bits per heavy atom. The number of rotatable bonds is 6. The van der Waals surface area contributed by atoms with Crippen molar-refractivity contribution in [3.05, 3.63) is 77.5 Å². The summed E-state index contributed by atoms with van der Waals surface area (Å²) in [6, 6.07) is 11.1. The van der Waals surface area contributed by atoms with Gasteiger partial charge in [0.25, 0.3) is 0 Å². The highest BCUT2D eigenvalue weighted by atomic mass is 16.5. The molecule has 5 rings (SSSR count). The normalized spacial score (nSPS) is 11.1. The van der Waals surface area contributed by atoms with E-state index in [1.807, 2.05) is 59.6 Å². The zero-order valence-electron chi connectivity index (χ0n) is 18.4. The number of hydrogen-bond donors (Lipinski definition) is 2. The summed E-state index contributed by atoms with van der Waals surface area (Å²) >= 11 is 0. The molecule has 10 heteroatoms. The number of imidazole rings is 1. The number of aromatic nitrogens is 7. The van der Waals surface area contributed by atoms with Gasteiger partial charge in [-0.2, -0.15) is 10.2 Å². The predicted molar refractivity (Wildman–Crippen MR) is 122 cm³/mol. The Morgan fingerprint density at radius 1 is 1.12 bits per heavy atom. The maximum absolute atomic E-state index is 11.6. The van der Waals surface area contributed by atoms with E-state index in [2.05, 4.69) is 25.6 Å². The second-order valence-electron chi connectivity index (χ2n) is 7.75. The molecule has 0 bridgehead atoms. The summed E-state index contributed by atoms with van der Waals surface area (Å²) in [5.41, 5.74) is 5.76. The lowest BCUT2D eigenvalue weighted by atomic mass is 10.1. The van der Waals surface area contributed by atoms with E-state index in [-0.39, 0.29) is 5.97 Å². The molecule has 0 fully saturated rings. The van der Waals surface area contributed by atoms with Gasteiger partial charge in [0.1, 0.15) is 5.65 Å². The van der Waals surface area contributed by atoms with Gasteiger partial charge in [0.05, 0.1) is 36.8 Å². The lowest BCUT2D eigenvalue weighted by Gasteiger charge is -2.08. The Morgan fingerprint density at radius 3 is 2.67 bits per heavy atom. The summed E-state index contributed by atoms with van der Waals surface area (Å²) in [6.45, 7) is 4.44. The topological polar surface area (TPSA) is 115 Å². The van der Waals surface area contributed by atoms with E-state index >= 15 is 0 Å². The quantitative estimate of drug-likeness (QED) is 0.387. The summed E-state index contributed by atoms with van der Waals surface area (Å²) in [7, 11) is 1.37.